The van der Waals surface area contributed by atoms with Crippen molar-refractivity contribution in [2.45, 2.75) is 57.9 Å². The quantitative estimate of drug-likeness (QED) is 0.664. The van der Waals surface area contributed by atoms with Gasteiger partial charge in [0.15, 0.2) is 0 Å². The summed E-state index contributed by atoms with van der Waals surface area (Å²) in [5.41, 5.74) is 5.58. The van der Waals surface area contributed by atoms with Gasteiger partial charge in [0, 0.05) is 19.0 Å². The van der Waals surface area contributed by atoms with Crippen molar-refractivity contribution < 1.29 is 9.59 Å². The van der Waals surface area contributed by atoms with Crippen molar-refractivity contribution in [2.75, 3.05) is 13.1 Å². The summed E-state index contributed by atoms with van der Waals surface area (Å²) in [6.07, 6.45) is 7.36. The monoisotopic (exact) mass is 305 g/mol. The molecular weight excluding hydrogens is 278 g/mol. The van der Waals surface area contributed by atoms with Gasteiger partial charge in [0.1, 0.15) is 0 Å². The summed E-state index contributed by atoms with van der Waals surface area (Å²) in [5.74, 6) is 0.363. The van der Waals surface area contributed by atoms with Crippen molar-refractivity contribution in [2.24, 2.45) is 11.7 Å². The number of rotatable bonds is 7. The second-order valence-electron chi connectivity index (χ2n) is 5.60. The Hall–Kier alpha value is -0.810. The Morgan fingerprint density at radius 2 is 1.80 bits per heavy atom. The average Bonchev–Trinajstić information content (AvgIpc) is 2.37. The molecule has 20 heavy (non-hydrogen) atoms. The minimum atomic E-state index is -0.141. The number of halogens is 1. The Bertz CT molecular complexity index is 292. The summed E-state index contributed by atoms with van der Waals surface area (Å²) in [5, 5.41) is 5.42. The van der Waals surface area contributed by atoms with Gasteiger partial charge >= 0.3 is 0 Å². The van der Waals surface area contributed by atoms with E-state index in [0.717, 1.165) is 19.3 Å². The molecule has 0 aromatic rings. The van der Waals surface area contributed by atoms with E-state index in [1.54, 1.807) is 0 Å². The first kappa shape index (κ1) is 19.2. The zero-order chi connectivity index (χ0) is 14.1. The van der Waals surface area contributed by atoms with Crippen LogP contribution in [0.5, 0.6) is 0 Å². The van der Waals surface area contributed by atoms with Crippen molar-refractivity contribution in [1.29, 1.82) is 0 Å². The molecule has 1 unspecified atom stereocenters. The van der Waals surface area contributed by atoms with Gasteiger partial charge < -0.3 is 16.4 Å². The van der Waals surface area contributed by atoms with Gasteiger partial charge in [-0.05, 0) is 32.1 Å². The van der Waals surface area contributed by atoms with E-state index in [0.29, 0.717) is 18.9 Å². The van der Waals surface area contributed by atoms with Gasteiger partial charge in [0.2, 0.25) is 11.8 Å². The molecule has 0 aromatic carbocycles. The van der Waals surface area contributed by atoms with Crippen molar-refractivity contribution in [3.05, 3.63) is 0 Å². The Labute approximate surface area is 127 Å². The maximum Gasteiger partial charge on any atom is 0.239 e. The molecule has 0 aliphatic heterocycles. The number of amides is 2. The fourth-order valence-corrected chi connectivity index (χ4v) is 2.41. The highest BCUT2D eigenvalue weighted by molar-refractivity contribution is 5.85. The molecule has 1 atom stereocenters. The SMILES string of the molecule is CC(N)CCNC(=O)CNC(=O)CC1CCCCC1.Cl. The fourth-order valence-electron chi connectivity index (χ4n) is 2.41. The molecule has 118 valence electrons. The van der Waals surface area contributed by atoms with Crippen LogP contribution in [0, 0.1) is 5.92 Å². The van der Waals surface area contributed by atoms with Gasteiger partial charge in [-0.15, -0.1) is 12.4 Å². The zero-order valence-corrected chi connectivity index (χ0v) is 13.1. The first-order valence-corrected chi connectivity index (χ1v) is 7.37. The summed E-state index contributed by atoms with van der Waals surface area (Å²) in [6, 6.07) is 0.0844. The van der Waals surface area contributed by atoms with Crippen LogP contribution < -0.4 is 16.4 Å². The molecule has 5 nitrogen and oxygen atoms in total. The van der Waals surface area contributed by atoms with Crippen LogP contribution in [-0.4, -0.2) is 30.9 Å². The van der Waals surface area contributed by atoms with Gasteiger partial charge in [-0.3, -0.25) is 9.59 Å². The Morgan fingerprint density at radius 1 is 1.15 bits per heavy atom. The molecule has 1 fully saturated rings. The Kier molecular flexibility index (Phi) is 10.5. The molecule has 4 N–H and O–H groups in total. The number of nitrogens with two attached hydrogens (primary N) is 1. The predicted octanol–water partition coefficient (Wildman–Crippen LogP) is 1.35. The highest BCUT2D eigenvalue weighted by atomic mass is 35.5. The topological polar surface area (TPSA) is 84.2 Å². The van der Waals surface area contributed by atoms with Crippen LogP contribution >= 0.6 is 12.4 Å². The van der Waals surface area contributed by atoms with E-state index in [1.807, 2.05) is 6.92 Å². The molecule has 6 heteroatoms. The third kappa shape index (κ3) is 9.15. The van der Waals surface area contributed by atoms with E-state index in [1.165, 1.54) is 19.3 Å². The molecule has 1 rings (SSSR count). The number of carbonyl (C=O) groups is 2. The van der Waals surface area contributed by atoms with E-state index in [2.05, 4.69) is 10.6 Å². The fraction of sp³-hybridized carbons (Fsp3) is 0.857. The number of nitrogens with one attached hydrogen (secondary N) is 2. The third-order valence-corrected chi connectivity index (χ3v) is 3.57. The highest BCUT2D eigenvalue weighted by Gasteiger charge is 2.17. The zero-order valence-electron chi connectivity index (χ0n) is 12.3. The van der Waals surface area contributed by atoms with Crippen molar-refractivity contribution >= 4 is 24.2 Å². The number of carbonyl (C=O) groups excluding carboxylic acids is 2. The normalized spacial score (nSPS) is 16.9. The van der Waals surface area contributed by atoms with E-state index >= 15 is 0 Å². The van der Waals surface area contributed by atoms with Crippen LogP contribution in [0.2, 0.25) is 0 Å². The van der Waals surface area contributed by atoms with Crippen LogP contribution in [0.15, 0.2) is 0 Å². The number of hydrogen-bond acceptors (Lipinski definition) is 3. The lowest BCUT2D eigenvalue weighted by Gasteiger charge is -2.20. The van der Waals surface area contributed by atoms with Crippen LogP contribution in [0.3, 0.4) is 0 Å². The lowest BCUT2D eigenvalue weighted by Crippen LogP contribution is -2.38. The summed E-state index contributed by atoms with van der Waals surface area (Å²) in [4.78, 5) is 23.1. The second-order valence-corrected chi connectivity index (χ2v) is 5.60. The Morgan fingerprint density at radius 3 is 2.40 bits per heavy atom. The lowest BCUT2D eigenvalue weighted by atomic mass is 9.87. The van der Waals surface area contributed by atoms with Gasteiger partial charge in [-0.25, -0.2) is 0 Å². The van der Waals surface area contributed by atoms with Crippen LogP contribution in [0.4, 0.5) is 0 Å². The molecule has 1 aliphatic carbocycles. The molecule has 0 spiro atoms. The molecule has 2 amide bonds. The van der Waals surface area contributed by atoms with E-state index in [4.69, 9.17) is 5.73 Å². The smallest absolute Gasteiger partial charge is 0.239 e. The van der Waals surface area contributed by atoms with Gasteiger partial charge in [0.25, 0.3) is 0 Å². The lowest BCUT2D eigenvalue weighted by molar-refractivity contribution is -0.126. The maximum atomic E-state index is 11.7. The summed E-state index contributed by atoms with van der Waals surface area (Å²) < 4.78 is 0. The maximum absolute atomic E-state index is 11.7. The largest absolute Gasteiger partial charge is 0.355 e. The number of hydrogen-bond donors (Lipinski definition) is 3. The van der Waals surface area contributed by atoms with Crippen LogP contribution in [0.25, 0.3) is 0 Å². The molecule has 1 aliphatic rings. The summed E-state index contributed by atoms with van der Waals surface area (Å²) >= 11 is 0. The first-order chi connectivity index (χ1) is 9.08. The molecule has 0 saturated heterocycles. The van der Waals surface area contributed by atoms with Gasteiger partial charge in [0.05, 0.1) is 6.54 Å². The molecule has 0 aromatic heterocycles. The second kappa shape index (κ2) is 10.9. The van der Waals surface area contributed by atoms with Crippen LogP contribution in [-0.2, 0) is 9.59 Å². The van der Waals surface area contributed by atoms with Gasteiger partial charge in [-0.1, -0.05) is 19.3 Å². The molecular formula is C14H28ClN3O2. The molecule has 0 heterocycles. The Balaban J connectivity index is 0.00000361. The van der Waals surface area contributed by atoms with E-state index in [9.17, 15) is 9.59 Å². The third-order valence-electron chi connectivity index (χ3n) is 3.57. The van der Waals surface area contributed by atoms with Crippen molar-refractivity contribution in [1.82, 2.24) is 10.6 Å². The molecule has 0 bridgehead atoms. The van der Waals surface area contributed by atoms with Gasteiger partial charge in [-0.2, -0.15) is 0 Å². The van der Waals surface area contributed by atoms with E-state index in [-0.39, 0.29) is 36.8 Å². The average molecular weight is 306 g/mol. The summed E-state index contributed by atoms with van der Waals surface area (Å²) in [7, 11) is 0. The minimum absolute atomic E-state index is 0. The minimum Gasteiger partial charge on any atom is -0.355 e. The van der Waals surface area contributed by atoms with Crippen molar-refractivity contribution in [3.8, 4) is 0 Å². The molecule has 1 saturated carbocycles. The predicted molar refractivity (Wildman–Crippen MR) is 82.7 cm³/mol. The van der Waals surface area contributed by atoms with E-state index < -0.39 is 0 Å². The highest BCUT2D eigenvalue weighted by Crippen LogP contribution is 2.25. The van der Waals surface area contributed by atoms with Crippen molar-refractivity contribution in [3.63, 3.8) is 0 Å². The summed E-state index contributed by atoms with van der Waals surface area (Å²) in [6.45, 7) is 2.54. The van der Waals surface area contributed by atoms with Crippen LogP contribution in [0.1, 0.15) is 51.9 Å². The first-order valence-electron chi connectivity index (χ1n) is 7.37. The molecule has 0 radical (unpaired) electrons. The standard InChI is InChI=1S/C14H27N3O2.ClH/c1-11(15)7-8-16-14(19)10-17-13(18)9-12-5-3-2-4-6-12;/h11-12H,2-10,15H2,1H3,(H,16,19)(H,17,18);1H.